The van der Waals surface area contributed by atoms with Crippen LogP contribution in [0.4, 0.5) is 13.2 Å². The maximum Gasteiger partial charge on any atom is 0.418 e. The van der Waals surface area contributed by atoms with Gasteiger partial charge in [-0.25, -0.2) is 0 Å². The van der Waals surface area contributed by atoms with Gasteiger partial charge in [-0.2, -0.15) is 13.2 Å². The van der Waals surface area contributed by atoms with Crippen molar-refractivity contribution in [2.75, 3.05) is 0 Å². The summed E-state index contributed by atoms with van der Waals surface area (Å²) in [5.74, 6) is 0. The Morgan fingerprint density at radius 1 is 1.11 bits per heavy atom. The van der Waals surface area contributed by atoms with Gasteiger partial charge in [0.05, 0.1) is 11.3 Å². The third-order valence-corrected chi connectivity index (χ3v) is 2.44. The van der Waals surface area contributed by atoms with E-state index in [1.807, 2.05) is 0 Å². The van der Waals surface area contributed by atoms with Gasteiger partial charge >= 0.3 is 6.18 Å². The minimum Gasteiger partial charge on any atom is -0.298 e. The first kappa shape index (κ1) is 12.3. The zero-order valence-corrected chi connectivity index (χ0v) is 9.11. The lowest BCUT2D eigenvalue weighted by atomic mass is 10.1. The number of carbonyl (C=O) groups is 1. The standard InChI is InChI=1S/C13H8F3NO/c14-13(15,16)11-7-17-12(6-10(11)8-18)9-4-2-1-3-5-9/h1-8H. The second-order valence-corrected chi connectivity index (χ2v) is 3.64. The molecule has 5 heteroatoms. The zero-order chi connectivity index (χ0) is 13.2. The molecule has 2 nitrogen and oxygen atoms in total. The Morgan fingerprint density at radius 2 is 1.78 bits per heavy atom. The Kier molecular flexibility index (Phi) is 3.14. The first-order chi connectivity index (χ1) is 8.52. The average molecular weight is 251 g/mol. The van der Waals surface area contributed by atoms with Crippen LogP contribution < -0.4 is 0 Å². The van der Waals surface area contributed by atoms with Crippen LogP contribution >= 0.6 is 0 Å². The Labute approximate surface area is 101 Å². The summed E-state index contributed by atoms with van der Waals surface area (Å²) in [6.07, 6.45) is -3.69. The Bertz CT molecular complexity index is 564. The van der Waals surface area contributed by atoms with Crippen molar-refractivity contribution in [1.82, 2.24) is 4.98 Å². The van der Waals surface area contributed by atoms with Gasteiger partial charge in [0.15, 0.2) is 6.29 Å². The van der Waals surface area contributed by atoms with Crippen LogP contribution in [0.15, 0.2) is 42.6 Å². The molecule has 18 heavy (non-hydrogen) atoms. The Balaban J connectivity index is 2.52. The summed E-state index contributed by atoms with van der Waals surface area (Å²) in [5, 5.41) is 0. The van der Waals surface area contributed by atoms with E-state index in [4.69, 9.17) is 0 Å². The fourth-order valence-corrected chi connectivity index (χ4v) is 1.57. The molecule has 0 saturated heterocycles. The summed E-state index contributed by atoms with van der Waals surface area (Å²) in [6.45, 7) is 0. The number of alkyl halides is 3. The highest BCUT2D eigenvalue weighted by molar-refractivity contribution is 5.80. The molecule has 0 saturated carbocycles. The summed E-state index contributed by atoms with van der Waals surface area (Å²) in [7, 11) is 0. The Hall–Kier alpha value is -2.17. The first-order valence-corrected chi connectivity index (χ1v) is 5.10. The molecule has 0 bridgehead atoms. The molecule has 1 heterocycles. The first-order valence-electron chi connectivity index (χ1n) is 5.10. The van der Waals surface area contributed by atoms with E-state index in [0.717, 1.165) is 6.07 Å². The lowest BCUT2D eigenvalue weighted by Crippen LogP contribution is -2.09. The third-order valence-electron chi connectivity index (χ3n) is 2.44. The largest absolute Gasteiger partial charge is 0.418 e. The van der Waals surface area contributed by atoms with Gasteiger partial charge < -0.3 is 0 Å². The number of halogens is 3. The minimum absolute atomic E-state index is 0.191. The van der Waals surface area contributed by atoms with E-state index in [-0.39, 0.29) is 6.29 Å². The lowest BCUT2D eigenvalue weighted by molar-refractivity contribution is -0.138. The van der Waals surface area contributed by atoms with Gasteiger partial charge in [0.25, 0.3) is 0 Å². The van der Waals surface area contributed by atoms with Gasteiger partial charge in [0.1, 0.15) is 0 Å². The van der Waals surface area contributed by atoms with E-state index >= 15 is 0 Å². The SMILES string of the molecule is O=Cc1cc(-c2ccccc2)ncc1C(F)(F)F. The van der Waals surface area contributed by atoms with Crippen molar-refractivity contribution >= 4 is 6.29 Å². The summed E-state index contributed by atoms with van der Waals surface area (Å²) < 4.78 is 37.7. The maximum absolute atomic E-state index is 12.6. The van der Waals surface area contributed by atoms with Gasteiger partial charge in [-0.15, -0.1) is 0 Å². The molecule has 1 aromatic heterocycles. The quantitative estimate of drug-likeness (QED) is 0.763. The molecule has 0 spiro atoms. The number of carbonyl (C=O) groups excluding carboxylic acids is 1. The number of rotatable bonds is 2. The van der Waals surface area contributed by atoms with Crippen molar-refractivity contribution in [1.29, 1.82) is 0 Å². The van der Waals surface area contributed by atoms with E-state index in [1.165, 1.54) is 0 Å². The van der Waals surface area contributed by atoms with Crippen molar-refractivity contribution < 1.29 is 18.0 Å². The van der Waals surface area contributed by atoms with Crippen molar-refractivity contribution in [3.8, 4) is 11.3 Å². The van der Waals surface area contributed by atoms with E-state index in [9.17, 15) is 18.0 Å². The van der Waals surface area contributed by atoms with E-state index in [1.54, 1.807) is 30.3 Å². The molecule has 0 N–H and O–H groups in total. The zero-order valence-electron chi connectivity index (χ0n) is 9.11. The lowest BCUT2D eigenvalue weighted by Gasteiger charge is -2.10. The molecule has 0 unspecified atom stereocenters. The van der Waals surface area contributed by atoms with Crippen molar-refractivity contribution in [3.63, 3.8) is 0 Å². The number of aromatic nitrogens is 1. The van der Waals surface area contributed by atoms with Gasteiger partial charge in [-0.3, -0.25) is 9.78 Å². The third kappa shape index (κ3) is 2.40. The van der Waals surface area contributed by atoms with Crippen LogP contribution in [-0.4, -0.2) is 11.3 Å². The summed E-state index contributed by atoms with van der Waals surface area (Å²) in [5.41, 5.74) is -0.423. The van der Waals surface area contributed by atoms with Crippen LogP contribution in [0.1, 0.15) is 15.9 Å². The van der Waals surface area contributed by atoms with Crippen LogP contribution in [0.5, 0.6) is 0 Å². The highest BCUT2D eigenvalue weighted by atomic mass is 19.4. The number of hydrogen-bond donors (Lipinski definition) is 0. The molecule has 0 aliphatic rings. The van der Waals surface area contributed by atoms with Crippen LogP contribution in [0.3, 0.4) is 0 Å². The van der Waals surface area contributed by atoms with Crippen molar-refractivity contribution in [2.45, 2.75) is 6.18 Å². The van der Waals surface area contributed by atoms with Crippen molar-refractivity contribution in [2.24, 2.45) is 0 Å². The van der Waals surface area contributed by atoms with Crippen LogP contribution in [0, 0.1) is 0 Å². The van der Waals surface area contributed by atoms with Gasteiger partial charge in [0, 0.05) is 17.3 Å². The number of pyridine rings is 1. The minimum atomic E-state index is -4.57. The fourth-order valence-electron chi connectivity index (χ4n) is 1.57. The second-order valence-electron chi connectivity index (χ2n) is 3.64. The van der Waals surface area contributed by atoms with Gasteiger partial charge in [-0.05, 0) is 6.07 Å². The molecule has 1 aromatic carbocycles. The van der Waals surface area contributed by atoms with Gasteiger partial charge in [0.2, 0.25) is 0 Å². The molecule has 0 aliphatic carbocycles. The van der Waals surface area contributed by atoms with Crippen LogP contribution in [0.25, 0.3) is 11.3 Å². The average Bonchev–Trinajstić information content (AvgIpc) is 2.38. The van der Waals surface area contributed by atoms with Gasteiger partial charge in [-0.1, -0.05) is 30.3 Å². The maximum atomic E-state index is 12.6. The molecule has 0 radical (unpaired) electrons. The monoisotopic (exact) mass is 251 g/mol. The molecule has 2 aromatic rings. The number of nitrogens with zero attached hydrogens (tertiary/aromatic N) is 1. The predicted molar refractivity (Wildman–Crippen MR) is 60.1 cm³/mol. The van der Waals surface area contributed by atoms with Crippen LogP contribution in [0.2, 0.25) is 0 Å². The smallest absolute Gasteiger partial charge is 0.298 e. The van der Waals surface area contributed by atoms with E-state index < -0.39 is 17.3 Å². The molecule has 0 atom stereocenters. The fraction of sp³-hybridized carbons (Fsp3) is 0.0769. The summed E-state index contributed by atoms with van der Waals surface area (Å²) >= 11 is 0. The highest BCUT2D eigenvalue weighted by Crippen LogP contribution is 2.32. The predicted octanol–water partition coefficient (Wildman–Crippen LogP) is 3.58. The van der Waals surface area contributed by atoms with E-state index in [2.05, 4.69) is 4.98 Å². The summed E-state index contributed by atoms with van der Waals surface area (Å²) in [6, 6.07) is 9.85. The molecule has 2 rings (SSSR count). The van der Waals surface area contributed by atoms with Crippen molar-refractivity contribution in [3.05, 3.63) is 53.7 Å². The summed E-state index contributed by atoms with van der Waals surface area (Å²) in [4.78, 5) is 14.5. The molecule has 92 valence electrons. The second kappa shape index (κ2) is 4.60. The number of aldehydes is 1. The number of hydrogen-bond acceptors (Lipinski definition) is 2. The molecular weight excluding hydrogens is 243 g/mol. The highest BCUT2D eigenvalue weighted by Gasteiger charge is 2.33. The van der Waals surface area contributed by atoms with E-state index in [0.29, 0.717) is 17.5 Å². The van der Waals surface area contributed by atoms with Crippen LogP contribution in [-0.2, 0) is 6.18 Å². The normalized spacial score (nSPS) is 11.3. The Morgan fingerprint density at radius 3 is 2.33 bits per heavy atom. The number of benzene rings is 1. The molecule has 0 fully saturated rings. The molecule has 0 amide bonds. The molecule has 0 aliphatic heterocycles. The molecular formula is C13H8F3NO. The topological polar surface area (TPSA) is 30.0 Å².